The number of carbonyl (C=O) groups excluding carboxylic acids is 2. The monoisotopic (exact) mass is 487 g/mol. The van der Waals surface area contributed by atoms with E-state index in [-0.39, 0.29) is 17.6 Å². The number of carbonyl (C=O) groups is 2. The van der Waals surface area contributed by atoms with Gasteiger partial charge in [-0.2, -0.15) is 0 Å². The van der Waals surface area contributed by atoms with Gasteiger partial charge in [-0.05, 0) is 36.8 Å². The minimum atomic E-state index is -0.411. The molecule has 7 nitrogen and oxygen atoms in total. The molecule has 4 aromatic rings. The van der Waals surface area contributed by atoms with Crippen molar-refractivity contribution in [3.63, 3.8) is 0 Å². The lowest BCUT2D eigenvalue weighted by molar-refractivity contribution is 0.0940. The van der Waals surface area contributed by atoms with E-state index in [9.17, 15) is 9.59 Å². The Morgan fingerprint density at radius 1 is 0.886 bits per heavy atom. The van der Waals surface area contributed by atoms with Crippen molar-refractivity contribution in [3.8, 4) is 22.1 Å². The molecule has 1 heterocycles. The van der Waals surface area contributed by atoms with Gasteiger partial charge in [-0.15, -0.1) is 11.3 Å². The first-order chi connectivity index (χ1) is 17.0. The Balaban J connectivity index is 1.52. The minimum absolute atomic E-state index is 0.189. The lowest BCUT2D eigenvalue weighted by Gasteiger charge is -2.16. The molecule has 35 heavy (non-hydrogen) atoms. The Labute approximate surface area is 207 Å². The van der Waals surface area contributed by atoms with E-state index in [2.05, 4.69) is 15.6 Å². The second-order valence-electron chi connectivity index (χ2n) is 7.68. The van der Waals surface area contributed by atoms with E-state index in [1.807, 2.05) is 49.4 Å². The van der Waals surface area contributed by atoms with Gasteiger partial charge in [-0.3, -0.25) is 9.59 Å². The van der Waals surface area contributed by atoms with Gasteiger partial charge in [0.05, 0.1) is 37.1 Å². The summed E-state index contributed by atoms with van der Waals surface area (Å²) in [5, 5.41) is 8.10. The van der Waals surface area contributed by atoms with Crippen molar-refractivity contribution in [1.29, 1.82) is 0 Å². The maximum atomic E-state index is 13.0. The predicted octanol–water partition coefficient (Wildman–Crippen LogP) is 5.57. The van der Waals surface area contributed by atoms with E-state index in [0.717, 1.165) is 11.1 Å². The molecular weight excluding hydrogens is 462 g/mol. The SMILES string of the molecule is COc1cccc(-c2nc(C(=O)Nc3ccccc3C(=O)NC(C)c3ccccc3)cs2)c1OC. The van der Waals surface area contributed by atoms with Crippen LogP contribution in [-0.4, -0.2) is 31.0 Å². The van der Waals surface area contributed by atoms with Crippen LogP contribution in [0.1, 0.15) is 39.4 Å². The van der Waals surface area contributed by atoms with Crippen LogP contribution in [-0.2, 0) is 0 Å². The lowest BCUT2D eigenvalue weighted by Crippen LogP contribution is -2.28. The maximum absolute atomic E-state index is 13.0. The molecule has 0 aliphatic rings. The molecule has 8 heteroatoms. The topological polar surface area (TPSA) is 89.5 Å². The first-order valence-corrected chi connectivity index (χ1v) is 11.8. The minimum Gasteiger partial charge on any atom is -0.493 e. The molecule has 2 N–H and O–H groups in total. The molecule has 178 valence electrons. The Bertz CT molecular complexity index is 1340. The molecule has 0 spiro atoms. The first kappa shape index (κ1) is 24.0. The highest BCUT2D eigenvalue weighted by atomic mass is 32.1. The van der Waals surface area contributed by atoms with Crippen LogP contribution in [0, 0.1) is 0 Å². The maximum Gasteiger partial charge on any atom is 0.275 e. The number of ether oxygens (including phenoxy) is 2. The van der Waals surface area contributed by atoms with E-state index < -0.39 is 5.91 Å². The molecule has 0 radical (unpaired) electrons. The summed E-state index contributed by atoms with van der Waals surface area (Å²) in [5.41, 5.74) is 2.73. The average molecular weight is 488 g/mol. The summed E-state index contributed by atoms with van der Waals surface area (Å²) in [6.07, 6.45) is 0. The molecule has 0 aliphatic carbocycles. The van der Waals surface area contributed by atoms with Crippen LogP contribution in [0.5, 0.6) is 11.5 Å². The van der Waals surface area contributed by atoms with Gasteiger partial charge < -0.3 is 20.1 Å². The van der Waals surface area contributed by atoms with Crippen LogP contribution < -0.4 is 20.1 Å². The largest absolute Gasteiger partial charge is 0.493 e. The highest BCUT2D eigenvalue weighted by Crippen LogP contribution is 2.39. The van der Waals surface area contributed by atoms with Crippen molar-refractivity contribution >= 4 is 28.8 Å². The molecule has 1 unspecified atom stereocenters. The number of aromatic nitrogens is 1. The van der Waals surface area contributed by atoms with Crippen LogP contribution in [0.4, 0.5) is 5.69 Å². The molecule has 0 fully saturated rings. The normalized spacial score (nSPS) is 11.4. The second kappa shape index (κ2) is 10.8. The average Bonchev–Trinajstić information content (AvgIpc) is 3.39. The molecule has 0 saturated carbocycles. The second-order valence-corrected chi connectivity index (χ2v) is 8.54. The number of hydrogen-bond acceptors (Lipinski definition) is 6. The van der Waals surface area contributed by atoms with E-state index in [1.165, 1.54) is 11.3 Å². The van der Waals surface area contributed by atoms with Gasteiger partial charge in [0.2, 0.25) is 0 Å². The number of nitrogens with one attached hydrogen (secondary N) is 2. The number of thiazole rings is 1. The van der Waals surface area contributed by atoms with Gasteiger partial charge in [0.25, 0.3) is 11.8 Å². The van der Waals surface area contributed by atoms with Crippen molar-refractivity contribution in [2.24, 2.45) is 0 Å². The third-order valence-corrected chi connectivity index (χ3v) is 6.31. The summed E-state index contributed by atoms with van der Waals surface area (Å²) in [5.74, 6) is 0.435. The van der Waals surface area contributed by atoms with E-state index in [1.54, 1.807) is 49.9 Å². The third-order valence-electron chi connectivity index (χ3n) is 5.44. The fourth-order valence-corrected chi connectivity index (χ4v) is 4.45. The molecule has 0 aliphatic heterocycles. The van der Waals surface area contributed by atoms with E-state index in [0.29, 0.717) is 27.8 Å². The third kappa shape index (κ3) is 5.33. The lowest BCUT2D eigenvalue weighted by atomic mass is 10.1. The van der Waals surface area contributed by atoms with Crippen molar-refractivity contribution in [1.82, 2.24) is 10.3 Å². The van der Waals surface area contributed by atoms with Gasteiger partial charge in [-0.25, -0.2) is 4.98 Å². The van der Waals surface area contributed by atoms with Gasteiger partial charge in [0.15, 0.2) is 11.5 Å². The fraction of sp³-hybridized carbons (Fsp3) is 0.148. The Morgan fingerprint density at radius 2 is 1.63 bits per heavy atom. The van der Waals surface area contributed by atoms with Crippen LogP contribution in [0.25, 0.3) is 10.6 Å². The molecule has 2 amide bonds. The summed E-state index contributed by atoms with van der Waals surface area (Å²) in [7, 11) is 3.12. The number of rotatable bonds is 8. The molecular formula is C27H25N3O4S. The molecule has 0 saturated heterocycles. The summed E-state index contributed by atoms with van der Waals surface area (Å²) in [6, 6.07) is 21.9. The Morgan fingerprint density at radius 3 is 2.37 bits per heavy atom. The van der Waals surface area contributed by atoms with Gasteiger partial charge in [-0.1, -0.05) is 48.5 Å². The number of nitrogens with zero attached hydrogens (tertiary/aromatic N) is 1. The van der Waals surface area contributed by atoms with Crippen molar-refractivity contribution in [2.45, 2.75) is 13.0 Å². The number of benzene rings is 3. The summed E-state index contributed by atoms with van der Waals surface area (Å²) < 4.78 is 10.8. The fourth-order valence-electron chi connectivity index (χ4n) is 3.63. The van der Waals surface area contributed by atoms with Crippen LogP contribution >= 0.6 is 11.3 Å². The highest BCUT2D eigenvalue weighted by molar-refractivity contribution is 7.13. The zero-order valence-corrected chi connectivity index (χ0v) is 20.4. The van der Waals surface area contributed by atoms with Gasteiger partial charge in [0.1, 0.15) is 10.7 Å². The first-order valence-electron chi connectivity index (χ1n) is 10.9. The molecule has 4 rings (SSSR count). The summed E-state index contributed by atoms with van der Waals surface area (Å²) in [4.78, 5) is 30.5. The van der Waals surface area contributed by atoms with E-state index in [4.69, 9.17) is 9.47 Å². The summed E-state index contributed by atoms with van der Waals surface area (Å²) in [6.45, 7) is 1.91. The molecule has 1 atom stereocenters. The molecule has 1 aromatic heterocycles. The number of para-hydroxylation sites is 2. The van der Waals surface area contributed by atoms with Crippen molar-refractivity contribution < 1.29 is 19.1 Å². The Kier molecular flexibility index (Phi) is 7.42. The van der Waals surface area contributed by atoms with Gasteiger partial charge in [0, 0.05) is 5.38 Å². The quantitative estimate of drug-likeness (QED) is 0.339. The zero-order valence-electron chi connectivity index (χ0n) is 19.6. The number of hydrogen-bond donors (Lipinski definition) is 2. The van der Waals surface area contributed by atoms with Gasteiger partial charge >= 0.3 is 0 Å². The number of methoxy groups -OCH3 is 2. The van der Waals surface area contributed by atoms with Crippen molar-refractivity contribution in [2.75, 3.05) is 19.5 Å². The highest BCUT2D eigenvalue weighted by Gasteiger charge is 2.20. The number of anilines is 1. The van der Waals surface area contributed by atoms with Crippen LogP contribution in [0.15, 0.2) is 78.2 Å². The zero-order chi connectivity index (χ0) is 24.8. The molecule has 3 aromatic carbocycles. The van der Waals surface area contributed by atoms with Crippen LogP contribution in [0.2, 0.25) is 0 Å². The smallest absolute Gasteiger partial charge is 0.275 e. The summed E-state index contributed by atoms with van der Waals surface area (Å²) >= 11 is 1.32. The Hall–Kier alpha value is -4.17. The van der Waals surface area contributed by atoms with Crippen molar-refractivity contribution in [3.05, 3.63) is 95.0 Å². The predicted molar refractivity (Wildman–Crippen MR) is 137 cm³/mol. The molecule has 0 bridgehead atoms. The number of amides is 2. The van der Waals surface area contributed by atoms with E-state index >= 15 is 0 Å². The standard InChI is InChI=1S/C27H25N3O4S/c1-17(18-10-5-4-6-11-18)28-25(31)19-12-7-8-14-21(19)29-26(32)22-16-35-27(30-22)20-13-9-15-23(33-2)24(20)34-3/h4-17H,1-3H3,(H,28,31)(H,29,32). The van der Waals surface area contributed by atoms with Crippen LogP contribution in [0.3, 0.4) is 0 Å².